The summed E-state index contributed by atoms with van der Waals surface area (Å²) in [5, 5.41) is 3.82. The van der Waals surface area contributed by atoms with E-state index in [-0.39, 0.29) is 5.91 Å². The first-order valence-electron chi connectivity index (χ1n) is 7.84. The summed E-state index contributed by atoms with van der Waals surface area (Å²) in [6, 6.07) is 5.83. The summed E-state index contributed by atoms with van der Waals surface area (Å²) >= 11 is 0. The third-order valence-corrected chi connectivity index (χ3v) is 4.05. The fourth-order valence-electron chi connectivity index (χ4n) is 2.85. The normalized spacial score (nSPS) is 16.9. The molecule has 0 amide bonds. The lowest BCUT2D eigenvalue weighted by molar-refractivity contribution is 0.0945. The van der Waals surface area contributed by atoms with Crippen LogP contribution in [0.4, 0.5) is 0 Å². The van der Waals surface area contributed by atoms with Gasteiger partial charge in [0.2, 0.25) is 0 Å². The van der Waals surface area contributed by atoms with Crippen molar-refractivity contribution in [2.45, 2.75) is 52.0 Å². The Bertz CT molecular complexity index is 736. The minimum absolute atomic E-state index is 0.202. The molecule has 3 rings (SSSR count). The average Bonchev–Trinajstić information content (AvgIpc) is 2.94. The molecule has 22 heavy (non-hydrogen) atoms. The highest BCUT2D eigenvalue weighted by molar-refractivity contribution is 5.93. The predicted octanol–water partition coefficient (Wildman–Crippen LogP) is 3.01. The Hall–Kier alpha value is -2.17. The molecular weight excluding hydrogens is 278 g/mol. The topological polar surface area (TPSA) is 60.4 Å². The second kappa shape index (κ2) is 6.30. The van der Waals surface area contributed by atoms with Crippen molar-refractivity contribution in [2.75, 3.05) is 0 Å². The van der Waals surface area contributed by atoms with E-state index in [2.05, 4.69) is 5.16 Å². The van der Waals surface area contributed by atoms with Gasteiger partial charge in [0, 0.05) is 12.3 Å². The molecule has 0 aliphatic heterocycles. The molecule has 0 N–H and O–H groups in total. The molecule has 1 aliphatic rings. The van der Waals surface area contributed by atoms with E-state index in [1.165, 1.54) is 19.3 Å². The molecule has 1 aliphatic carbocycles. The third kappa shape index (κ3) is 3.18. The first-order chi connectivity index (χ1) is 10.6. The molecule has 2 heterocycles. The summed E-state index contributed by atoms with van der Waals surface area (Å²) in [6.07, 6.45) is 7.70. The number of hydrogen-bond donors (Lipinski definition) is 0. The van der Waals surface area contributed by atoms with Crippen molar-refractivity contribution in [3.63, 3.8) is 0 Å². The van der Waals surface area contributed by atoms with Gasteiger partial charge in [-0.2, -0.15) is 0 Å². The molecule has 1 saturated carbocycles. The summed E-state index contributed by atoms with van der Waals surface area (Å²) in [4.78, 5) is 17.4. The van der Waals surface area contributed by atoms with Crippen LogP contribution >= 0.6 is 0 Å². The molecule has 0 aromatic carbocycles. The van der Waals surface area contributed by atoms with Gasteiger partial charge < -0.3 is 4.52 Å². The smallest absolute Gasteiger partial charge is 0.285 e. The van der Waals surface area contributed by atoms with Gasteiger partial charge in [0.05, 0.1) is 6.04 Å². The molecule has 0 radical (unpaired) electrons. The van der Waals surface area contributed by atoms with E-state index in [0.717, 1.165) is 18.4 Å². The van der Waals surface area contributed by atoms with Crippen LogP contribution in [0.1, 0.15) is 53.9 Å². The molecule has 0 saturated heterocycles. The maximum Gasteiger partial charge on any atom is 0.285 e. The molecule has 5 heteroatoms. The largest absolute Gasteiger partial charge is 0.361 e. The molecule has 0 unspecified atom stereocenters. The number of aromatic nitrogens is 2. The Morgan fingerprint density at radius 2 is 2.05 bits per heavy atom. The second-order valence-corrected chi connectivity index (χ2v) is 5.98. The minimum Gasteiger partial charge on any atom is -0.361 e. The molecule has 5 nitrogen and oxygen atoms in total. The summed E-state index contributed by atoms with van der Waals surface area (Å²) in [7, 11) is 0. The van der Waals surface area contributed by atoms with Crippen LogP contribution in [0.5, 0.6) is 0 Å². The Balaban J connectivity index is 2.00. The first kappa shape index (κ1) is 14.8. The standard InChI is InChI=1S/C17H21N3O2/c1-12-8-9-20(17(21)15-11-13(2)22-19-15)16(10-12)18-14-6-4-3-5-7-14/h8-11,14H,3-7H2,1-2H3. The molecule has 0 bridgehead atoms. The fraction of sp³-hybridized carbons (Fsp3) is 0.471. The summed E-state index contributed by atoms with van der Waals surface area (Å²) < 4.78 is 6.57. The molecule has 0 spiro atoms. The van der Waals surface area contributed by atoms with Crippen LogP contribution in [-0.4, -0.2) is 21.7 Å². The van der Waals surface area contributed by atoms with Crippen LogP contribution in [0, 0.1) is 13.8 Å². The van der Waals surface area contributed by atoms with Crippen LogP contribution in [0.3, 0.4) is 0 Å². The highest BCUT2D eigenvalue weighted by atomic mass is 16.5. The van der Waals surface area contributed by atoms with Crippen molar-refractivity contribution in [2.24, 2.45) is 4.99 Å². The maximum atomic E-state index is 12.6. The number of pyridine rings is 1. The van der Waals surface area contributed by atoms with E-state index >= 15 is 0 Å². The lowest BCUT2D eigenvalue weighted by Gasteiger charge is -2.17. The zero-order valence-electron chi connectivity index (χ0n) is 13.1. The van der Waals surface area contributed by atoms with Crippen LogP contribution in [0.25, 0.3) is 0 Å². The SMILES string of the molecule is Cc1ccn(C(=O)c2cc(C)on2)c(=NC2CCCCC2)c1. The van der Waals surface area contributed by atoms with Gasteiger partial charge >= 0.3 is 0 Å². The molecular formula is C17H21N3O2. The van der Waals surface area contributed by atoms with Gasteiger partial charge in [-0.1, -0.05) is 24.4 Å². The van der Waals surface area contributed by atoms with Gasteiger partial charge in [0.15, 0.2) is 5.69 Å². The number of carbonyl (C=O) groups excluding carboxylic acids is 1. The minimum atomic E-state index is -0.202. The van der Waals surface area contributed by atoms with Gasteiger partial charge in [-0.25, -0.2) is 0 Å². The van der Waals surface area contributed by atoms with Crippen molar-refractivity contribution >= 4 is 5.91 Å². The van der Waals surface area contributed by atoms with Crippen LogP contribution in [0.2, 0.25) is 0 Å². The fourth-order valence-corrected chi connectivity index (χ4v) is 2.85. The van der Waals surface area contributed by atoms with E-state index in [4.69, 9.17) is 9.52 Å². The molecule has 2 aromatic heterocycles. The molecule has 2 aromatic rings. The quantitative estimate of drug-likeness (QED) is 0.856. The average molecular weight is 299 g/mol. The van der Waals surface area contributed by atoms with Crippen molar-refractivity contribution in [1.82, 2.24) is 9.72 Å². The zero-order chi connectivity index (χ0) is 15.5. The van der Waals surface area contributed by atoms with Crippen molar-refractivity contribution in [1.29, 1.82) is 0 Å². The predicted molar refractivity (Wildman–Crippen MR) is 82.6 cm³/mol. The first-order valence-corrected chi connectivity index (χ1v) is 7.84. The zero-order valence-corrected chi connectivity index (χ0v) is 13.1. The summed E-state index contributed by atoms with van der Waals surface area (Å²) in [5.74, 6) is 0.424. The van der Waals surface area contributed by atoms with E-state index < -0.39 is 0 Å². The Morgan fingerprint density at radius 3 is 2.73 bits per heavy atom. The van der Waals surface area contributed by atoms with Gasteiger partial charge in [-0.15, -0.1) is 0 Å². The number of rotatable bonds is 2. The van der Waals surface area contributed by atoms with E-state index in [1.54, 1.807) is 23.8 Å². The second-order valence-electron chi connectivity index (χ2n) is 5.98. The Kier molecular flexibility index (Phi) is 4.22. The summed E-state index contributed by atoms with van der Waals surface area (Å²) in [6.45, 7) is 3.78. The maximum absolute atomic E-state index is 12.6. The van der Waals surface area contributed by atoms with Gasteiger partial charge in [-0.05, 0) is 44.4 Å². The number of nitrogens with zero attached hydrogens (tertiary/aromatic N) is 3. The molecule has 0 atom stereocenters. The van der Waals surface area contributed by atoms with E-state index in [1.807, 2.05) is 19.1 Å². The lowest BCUT2D eigenvalue weighted by Crippen LogP contribution is -2.30. The van der Waals surface area contributed by atoms with Gasteiger partial charge in [0.1, 0.15) is 11.2 Å². The highest BCUT2D eigenvalue weighted by Gasteiger charge is 2.16. The Morgan fingerprint density at radius 1 is 1.27 bits per heavy atom. The highest BCUT2D eigenvalue weighted by Crippen LogP contribution is 2.19. The number of aryl methyl sites for hydroxylation is 2. The molecule has 116 valence electrons. The van der Waals surface area contributed by atoms with Crippen molar-refractivity contribution < 1.29 is 9.32 Å². The number of carbonyl (C=O) groups is 1. The van der Waals surface area contributed by atoms with Crippen LogP contribution in [-0.2, 0) is 0 Å². The van der Waals surface area contributed by atoms with Crippen molar-refractivity contribution in [3.8, 4) is 0 Å². The van der Waals surface area contributed by atoms with E-state index in [9.17, 15) is 4.79 Å². The van der Waals surface area contributed by atoms with Crippen LogP contribution < -0.4 is 5.49 Å². The van der Waals surface area contributed by atoms with Gasteiger partial charge in [-0.3, -0.25) is 14.4 Å². The lowest BCUT2D eigenvalue weighted by atomic mass is 9.96. The Labute approximate surface area is 129 Å². The third-order valence-electron chi connectivity index (χ3n) is 4.05. The summed E-state index contributed by atoms with van der Waals surface area (Å²) in [5.41, 5.74) is 2.11. The number of hydrogen-bond acceptors (Lipinski definition) is 4. The van der Waals surface area contributed by atoms with Crippen LogP contribution in [0.15, 0.2) is 33.9 Å². The van der Waals surface area contributed by atoms with Crippen molar-refractivity contribution in [3.05, 3.63) is 46.9 Å². The van der Waals surface area contributed by atoms with Gasteiger partial charge in [0.25, 0.3) is 5.91 Å². The molecule has 1 fully saturated rings. The van der Waals surface area contributed by atoms with E-state index in [0.29, 0.717) is 23.0 Å². The monoisotopic (exact) mass is 299 g/mol.